The highest BCUT2D eigenvalue weighted by molar-refractivity contribution is 7.81. The van der Waals surface area contributed by atoms with Crippen LogP contribution < -0.4 is 0 Å². The third-order valence-corrected chi connectivity index (χ3v) is 4.69. The van der Waals surface area contributed by atoms with Gasteiger partial charge in [-0.1, -0.05) is 24.4 Å². The lowest BCUT2D eigenvalue weighted by Gasteiger charge is -2.26. The molecule has 0 aliphatic carbocycles. The summed E-state index contributed by atoms with van der Waals surface area (Å²) < 4.78 is 0. The Labute approximate surface area is 162 Å². The van der Waals surface area contributed by atoms with E-state index in [0.717, 1.165) is 78.4 Å². The van der Waals surface area contributed by atoms with E-state index >= 15 is 0 Å². The van der Waals surface area contributed by atoms with Crippen LogP contribution in [0.3, 0.4) is 0 Å². The van der Waals surface area contributed by atoms with Crippen LogP contribution in [-0.2, 0) is 0 Å². The molecule has 0 spiro atoms. The number of thiol groups is 4. The highest BCUT2D eigenvalue weighted by Gasteiger charge is 2.11. The van der Waals surface area contributed by atoms with Crippen molar-refractivity contribution >= 4 is 84.9 Å². The van der Waals surface area contributed by atoms with Gasteiger partial charge in [-0.15, -0.1) is 0 Å². The number of thiocarbonyl (C=S) groups is 2. The largest absolute Gasteiger partial charge is 0.365 e. The summed E-state index contributed by atoms with van der Waals surface area (Å²) in [7, 11) is 0. The van der Waals surface area contributed by atoms with Gasteiger partial charge < -0.3 is 9.80 Å². The van der Waals surface area contributed by atoms with Gasteiger partial charge in [0, 0.05) is 49.2 Å². The Kier molecular flexibility index (Phi) is 15.6. The Bertz CT molecular complexity index is 260. The van der Waals surface area contributed by atoms with Gasteiger partial charge in [-0.25, -0.2) is 0 Å². The molecule has 8 heteroatoms. The molecule has 0 rings (SSSR count). The Morgan fingerprint density at radius 3 is 1.14 bits per heavy atom. The van der Waals surface area contributed by atoms with Crippen molar-refractivity contribution < 1.29 is 0 Å². The molecule has 124 valence electrons. The summed E-state index contributed by atoms with van der Waals surface area (Å²) in [4.78, 5) is 6.38. The highest BCUT2D eigenvalue weighted by Crippen LogP contribution is 2.08. The molecule has 0 aromatic carbocycles. The van der Waals surface area contributed by atoms with Crippen molar-refractivity contribution in [1.82, 2.24) is 9.80 Å². The van der Waals surface area contributed by atoms with Gasteiger partial charge in [0.15, 0.2) is 0 Å². The molecule has 0 N–H and O–H groups in total. The number of rotatable bonds is 12. The van der Waals surface area contributed by atoms with Crippen molar-refractivity contribution in [1.29, 1.82) is 0 Å². The van der Waals surface area contributed by atoms with Crippen molar-refractivity contribution in [2.24, 2.45) is 0 Å². The third kappa shape index (κ3) is 10.5. The van der Waals surface area contributed by atoms with Gasteiger partial charge in [-0.2, -0.15) is 50.5 Å². The van der Waals surface area contributed by atoms with E-state index in [-0.39, 0.29) is 0 Å². The molecule has 0 heterocycles. The summed E-state index contributed by atoms with van der Waals surface area (Å²) in [5, 5.41) is 0. The molecule has 0 saturated carbocycles. The molecule has 0 amide bonds. The monoisotopic (exact) mass is 402 g/mol. The van der Waals surface area contributed by atoms with Gasteiger partial charge in [0.05, 0.1) is 9.98 Å². The molecule has 21 heavy (non-hydrogen) atoms. The van der Waals surface area contributed by atoms with Gasteiger partial charge >= 0.3 is 0 Å². The Hall–Kier alpha value is 1.18. The molecule has 0 atom stereocenters. The number of hydrogen-bond acceptors (Lipinski definition) is 6. The van der Waals surface area contributed by atoms with Crippen molar-refractivity contribution in [3.05, 3.63) is 0 Å². The summed E-state index contributed by atoms with van der Waals surface area (Å²) in [6.07, 6.45) is 2.78. The van der Waals surface area contributed by atoms with E-state index in [1.54, 1.807) is 0 Å². The van der Waals surface area contributed by atoms with Crippen molar-refractivity contribution in [2.75, 3.05) is 49.2 Å². The first-order valence-corrected chi connectivity index (χ1v) is 10.4. The standard InChI is InChI=1S/C13H26N2S6/c16-8-4-14(5-9-17)12(20)2-1-3-13(21)15(6-10-18)7-11-19/h16-19H,1-11H2. The summed E-state index contributed by atoms with van der Waals surface area (Å²) in [5.74, 6) is 3.24. The maximum Gasteiger partial charge on any atom is 0.0779 e. The van der Waals surface area contributed by atoms with E-state index in [1.165, 1.54) is 0 Å². The maximum absolute atomic E-state index is 5.50. The minimum absolute atomic E-state index is 0.810. The summed E-state index contributed by atoms with van der Waals surface area (Å²) >= 11 is 28.1. The fraction of sp³-hybridized carbons (Fsp3) is 0.846. The van der Waals surface area contributed by atoms with Crippen LogP contribution in [0.2, 0.25) is 0 Å². The second kappa shape index (κ2) is 14.8. The molecular weight excluding hydrogens is 377 g/mol. The minimum Gasteiger partial charge on any atom is -0.365 e. The lowest BCUT2D eigenvalue weighted by molar-refractivity contribution is 0.462. The van der Waals surface area contributed by atoms with Crippen molar-refractivity contribution in [2.45, 2.75) is 19.3 Å². The van der Waals surface area contributed by atoms with Crippen LogP contribution in [0.5, 0.6) is 0 Å². The zero-order chi connectivity index (χ0) is 16.1. The predicted octanol–water partition coefficient (Wildman–Crippen LogP) is 3.13. The van der Waals surface area contributed by atoms with Crippen molar-refractivity contribution in [3.8, 4) is 0 Å². The zero-order valence-electron chi connectivity index (χ0n) is 12.3. The average molecular weight is 403 g/mol. The molecule has 0 aliphatic heterocycles. The smallest absolute Gasteiger partial charge is 0.0779 e. The van der Waals surface area contributed by atoms with Crippen LogP contribution in [0.15, 0.2) is 0 Å². The van der Waals surface area contributed by atoms with Gasteiger partial charge in [-0.05, 0) is 19.3 Å². The molecule has 0 radical (unpaired) electrons. The van der Waals surface area contributed by atoms with E-state index in [0.29, 0.717) is 0 Å². The highest BCUT2D eigenvalue weighted by atomic mass is 32.1. The number of nitrogens with zero attached hydrogens (tertiary/aromatic N) is 2. The van der Waals surface area contributed by atoms with Crippen LogP contribution in [0.4, 0.5) is 0 Å². The zero-order valence-corrected chi connectivity index (χ0v) is 17.5. The molecule has 0 aromatic rings. The first-order valence-electron chi connectivity index (χ1n) is 7.09. The molecule has 0 saturated heterocycles. The topological polar surface area (TPSA) is 6.48 Å². The molecule has 0 aliphatic rings. The van der Waals surface area contributed by atoms with Crippen LogP contribution in [-0.4, -0.2) is 69.0 Å². The van der Waals surface area contributed by atoms with E-state index in [9.17, 15) is 0 Å². The second-order valence-electron chi connectivity index (χ2n) is 4.51. The Balaban J connectivity index is 4.14. The van der Waals surface area contributed by atoms with Crippen LogP contribution in [0, 0.1) is 0 Å². The molecule has 0 fully saturated rings. The van der Waals surface area contributed by atoms with Gasteiger partial charge in [-0.3, -0.25) is 0 Å². The molecule has 0 unspecified atom stereocenters. The Morgan fingerprint density at radius 2 is 0.905 bits per heavy atom. The summed E-state index contributed by atoms with van der Waals surface area (Å²) in [6, 6.07) is 0. The second-order valence-corrected chi connectivity index (χ2v) is 7.24. The van der Waals surface area contributed by atoms with Crippen LogP contribution in [0.25, 0.3) is 0 Å². The molecular formula is C13H26N2S6. The van der Waals surface area contributed by atoms with Gasteiger partial charge in [0.25, 0.3) is 0 Å². The van der Waals surface area contributed by atoms with Crippen LogP contribution in [0.1, 0.15) is 19.3 Å². The van der Waals surface area contributed by atoms with Crippen LogP contribution >= 0.6 is 75.0 Å². The fourth-order valence-corrected chi connectivity index (χ4v) is 3.53. The molecule has 2 nitrogen and oxygen atoms in total. The first kappa shape index (κ1) is 22.2. The van der Waals surface area contributed by atoms with E-state index in [4.69, 9.17) is 24.4 Å². The predicted molar refractivity (Wildman–Crippen MR) is 118 cm³/mol. The van der Waals surface area contributed by atoms with E-state index in [2.05, 4.69) is 60.3 Å². The minimum atomic E-state index is 0.810. The fourth-order valence-electron chi connectivity index (χ4n) is 1.91. The lowest BCUT2D eigenvalue weighted by atomic mass is 10.2. The normalized spacial score (nSPS) is 10.5. The Morgan fingerprint density at radius 1 is 0.619 bits per heavy atom. The van der Waals surface area contributed by atoms with Gasteiger partial charge in [0.1, 0.15) is 0 Å². The SMILES string of the molecule is S=C(CCCC(=S)N(CCS)CCS)N(CCS)CCS. The molecule has 0 aromatic heterocycles. The number of hydrogen-bond donors (Lipinski definition) is 4. The average Bonchev–Trinajstić information content (AvgIpc) is 2.46. The van der Waals surface area contributed by atoms with Gasteiger partial charge in [0.2, 0.25) is 0 Å². The van der Waals surface area contributed by atoms with E-state index < -0.39 is 0 Å². The quantitative estimate of drug-likeness (QED) is 0.294. The summed E-state index contributed by atoms with van der Waals surface area (Å²) in [5.41, 5.74) is 0. The van der Waals surface area contributed by atoms with E-state index in [1.807, 2.05) is 0 Å². The van der Waals surface area contributed by atoms with Crippen molar-refractivity contribution in [3.63, 3.8) is 0 Å². The third-order valence-electron chi connectivity index (χ3n) is 2.97. The maximum atomic E-state index is 5.50. The molecule has 0 bridgehead atoms. The lowest BCUT2D eigenvalue weighted by Crippen LogP contribution is -2.34. The summed E-state index contributed by atoms with van der Waals surface area (Å²) in [6.45, 7) is 3.55. The first-order chi connectivity index (χ1) is 10.1.